The van der Waals surface area contributed by atoms with E-state index in [2.05, 4.69) is 93.6 Å². The number of carbonyl (C=O) groups is 2. The van der Waals surface area contributed by atoms with E-state index in [1.807, 2.05) is 6.20 Å². The van der Waals surface area contributed by atoms with Crippen molar-refractivity contribution in [2.24, 2.45) is 10.4 Å². The van der Waals surface area contributed by atoms with Crippen molar-refractivity contribution in [1.82, 2.24) is 9.88 Å². The first-order chi connectivity index (χ1) is 24.1. The zero-order valence-corrected chi connectivity index (χ0v) is 31.9. The molecule has 1 aromatic heterocycles. The number of aromatic nitrogens is 1. The first-order valence-corrected chi connectivity index (χ1v) is 18.6. The molecule has 2 aliphatic rings. The second-order valence-corrected chi connectivity index (χ2v) is 14.9. The summed E-state index contributed by atoms with van der Waals surface area (Å²) in [7, 11) is 3.93. The predicted molar refractivity (Wildman–Crippen MR) is 205 cm³/mol. The number of methoxy groups -OCH3 is 1. The highest BCUT2D eigenvalue weighted by Gasteiger charge is 2.43. The van der Waals surface area contributed by atoms with Crippen LogP contribution in [0.25, 0.3) is 5.70 Å². The van der Waals surface area contributed by atoms with Crippen molar-refractivity contribution in [2.75, 3.05) is 63.3 Å². The lowest BCUT2D eigenvalue weighted by atomic mass is 9.76. The third-order valence-electron chi connectivity index (χ3n) is 10.5. The molecule has 0 radical (unpaired) electrons. The molecule has 1 saturated heterocycles. The number of nitrogens with zero attached hydrogens (tertiary/aromatic N) is 5. The summed E-state index contributed by atoms with van der Waals surface area (Å²) in [6, 6.07) is 9.23. The minimum absolute atomic E-state index is 0.0202. The molecule has 0 amide bonds. The van der Waals surface area contributed by atoms with Crippen molar-refractivity contribution >= 4 is 35.5 Å². The van der Waals surface area contributed by atoms with Crippen LogP contribution in [0, 0.1) is 5.41 Å². The number of benzene rings is 1. The molecule has 3 heterocycles. The predicted octanol–water partition coefficient (Wildman–Crippen LogP) is 8.16. The van der Waals surface area contributed by atoms with E-state index in [1.54, 1.807) is 7.11 Å². The Kier molecular flexibility index (Phi) is 14.6. The highest BCUT2D eigenvalue weighted by molar-refractivity contribution is 5.88. The molecular weight excluding hydrogens is 626 g/mol. The quantitative estimate of drug-likeness (QED) is 0.0831. The Morgan fingerprint density at radius 2 is 1.82 bits per heavy atom. The molecule has 1 fully saturated rings. The minimum atomic E-state index is -0.264. The van der Waals surface area contributed by atoms with Gasteiger partial charge in [-0.05, 0) is 89.6 Å². The lowest BCUT2D eigenvalue weighted by Gasteiger charge is -2.37. The summed E-state index contributed by atoms with van der Waals surface area (Å²) in [5.41, 5.74) is 8.77. The Labute approximate surface area is 301 Å². The SMILES string of the molecule is C/C=C(\N=C(C)CCCCCCC=O)c1ccc2c(c1)C(CC(C)(C)COC=O)C(c1cc(N3CCN(C)CC3)cnc1C(C)OC)N2CC. The number of rotatable bonds is 19. The van der Waals surface area contributed by atoms with Crippen LogP contribution >= 0.6 is 0 Å². The van der Waals surface area contributed by atoms with Crippen LogP contribution in [0.15, 0.2) is 41.5 Å². The van der Waals surface area contributed by atoms with Gasteiger partial charge in [0.2, 0.25) is 0 Å². The van der Waals surface area contributed by atoms with E-state index in [4.69, 9.17) is 19.5 Å². The summed E-state index contributed by atoms with van der Waals surface area (Å²) in [5, 5.41) is 0. The highest BCUT2D eigenvalue weighted by atomic mass is 16.5. The van der Waals surface area contributed by atoms with E-state index in [9.17, 15) is 9.59 Å². The number of anilines is 2. The number of allylic oxidation sites excluding steroid dienone is 1. The zero-order chi connectivity index (χ0) is 36.3. The number of ether oxygens (including phenoxy) is 2. The molecule has 0 saturated carbocycles. The van der Waals surface area contributed by atoms with E-state index in [0.717, 1.165) is 106 Å². The van der Waals surface area contributed by atoms with Gasteiger partial charge in [-0.25, -0.2) is 0 Å². The molecule has 3 unspecified atom stereocenters. The average molecular weight is 688 g/mol. The Bertz CT molecular complexity index is 1480. The van der Waals surface area contributed by atoms with Gasteiger partial charge < -0.3 is 29.0 Å². The van der Waals surface area contributed by atoms with Crippen LogP contribution in [0.2, 0.25) is 0 Å². The van der Waals surface area contributed by atoms with Gasteiger partial charge in [0.05, 0.1) is 42.0 Å². The lowest BCUT2D eigenvalue weighted by Crippen LogP contribution is -2.44. The fourth-order valence-electron chi connectivity index (χ4n) is 7.62. The molecule has 0 bridgehead atoms. The number of hydrogen-bond acceptors (Lipinski definition) is 9. The van der Waals surface area contributed by atoms with Crippen molar-refractivity contribution in [2.45, 2.75) is 105 Å². The molecule has 0 spiro atoms. The molecule has 2 aliphatic heterocycles. The number of fused-ring (bicyclic) bond motifs is 1. The first-order valence-electron chi connectivity index (χ1n) is 18.6. The van der Waals surface area contributed by atoms with Gasteiger partial charge in [0.15, 0.2) is 0 Å². The van der Waals surface area contributed by atoms with Crippen LogP contribution in [0.4, 0.5) is 11.4 Å². The standard InChI is InChI=1S/C41H61N5O4/c1-9-37(43-30(3)16-14-12-11-13-15-23-47)32-17-18-38-34(24-32)36(26-41(5,6)28-50-29-48)40(46(38)10-2)35-25-33(27-42-39(35)31(4)49-8)45-21-19-44(7)20-22-45/h9,17-18,23-25,27,29,31,36,40H,10-16,19-22,26,28H2,1-8H3/b37-9-,43-30?. The van der Waals surface area contributed by atoms with Gasteiger partial charge >= 0.3 is 0 Å². The molecule has 1 aromatic carbocycles. The smallest absolute Gasteiger partial charge is 0.293 e. The maximum Gasteiger partial charge on any atom is 0.293 e. The number of likely N-dealkylation sites (N-methyl/N-ethyl adjacent to an activating group) is 2. The van der Waals surface area contributed by atoms with Crippen LogP contribution in [0.5, 0.6) is 0 Å². The fourth-order valence-corrected chi connectivity index (χ4v) is 7.62. The second-order valence-electron chi connectivity index (χ2n) is 14.9. The van der Waals surface area contributed by atoms with Gasteiger partial charge in [0.25, 0.3) is 6.47 Å². The number of piperazine rings is 1. The summed E-state index contributed by atoms with van der Waals surface area (Å²) in [6.45, 7) is 18.6. The van der Waals surface area contributed by atoms with E-state index >= 15 is 0 Å². The third-order valence-corrected chi connectivity index (χ3v) is 10.5. The van der Waals surface area contributed by atoms with E-state index < -0.39 is 0 Å². The number of carbonyl (C=O) groups excluding carboxylic acids is 2. The fraction of sp³-hybridized carbons (Fsp3) is 0.610. The van der Waals surface area contributed by atoms with Gasteiger partial charge in [-0.2, -0.15) is 0 Å². The Morgan fingerprint density at radius 1 is 1.08 bits per heavy atom. The third kappa shape index (κ3) is 9.81. The summed E-state index contributed by atoms with van der Waals surface area (Å²) < 4.78 is 11.3. The molecule has 9 heteroatoms. The molecular formula is C41H61N5O4. The number of aliphatic imine (C=N–C) groups is 1. The minimum Gasteiger partial charge on any atom is -0.467 e. The van der Waals surface area contributed by atoms with Gasteiger partial charge in [-0.3, -0.25) is 14.8 Å². The lowest BCUT2D eigenvalue weighted by molar-refractivity contribution is -0.131. The van der Waals surface area contributed by atoms with Crippen LogP contribution in [-0.2, 0) is 19.1 Å². The van der Waals surface area contributed by atoms with E-state index in [1.165, 1.54) is 16.8 Å². The Hall–Kier alpha value is -3.56. The number of hydrogen-bond donors (Lipinski definition) is 0. The number of unbranched alkanes of at least 4 members (excludes halogenated alkanes) is 4. The first kappa shape index (κ1) is 39.2. The largest absolute Gasteiger partial charge is 0.467 e. The van der Waals surface area contributed by atoms with Crippen LogP contribution in [-0.4, -0.2) is 81.8 Å². The van der Waals surface area contributed by atoms with Crippen molar-refractivity contribution in [3.05, 3.63) is 58.9 Å². The van der Waals surface area contributed by atoms with Crippen LogP contribution < -0.4 is 9.80 Å². The van der Waals surface area contributed by atoms with Gasteiger partial charge in [-0.15, -0.1) is 0 Å². The Balaban J connectivity index is 1.77. The zero-order valence-electron chi connectivity index (χ0n) is 31.9. The average Bonchev–Trinajstić information content (AvgIpc) is 3.42. The van der Waals surface area contributed by atoms with Crippen LogP contribution in [0.3, 0.4) is 0 Å². The van der Waals surface area contributed by atoms with Crippen molar-refractivity contribution in [1.29, 1.82) is 0 Å². The molecule has 9 nitrogen and oxygen atoms in total. The monoisotopic (exact) mass is 687 g/mol. The van der Waals surface area contributed by atoms with E-state index in [-0.39, 0.29) is 23.5 Å². The van der Waals surface area contributed by atoms with Crippen molar-refractivity contribution in [3.63, 3.8) is 0 Å². The number of pyridine rings is 1. The van der Waals surface area contributed by atoms with Gasteiger partial charge in [-0.1, -0.05) is 38.8 Å². The van der Waals surface area contributed by atoms with Crippen molar-refractivity contribution < 1.29 is 19.1 Å². The molecule has 2 aromatic rings. The second kappa shape index (κ2) is 18.6. The topological polar surface area (TPSA) is 87.6 Å². The highest BCUT2D eigenvalue weighted by Crippen LogP contribution is 2.55. The molecule has 50 heavy (non-hydrogen) atoms. The summed E-state index contributed by atoms with van der Waals surface area (Å²) >= 11 is 0. The molecule has 274 valence electrons. The molecule has 4 rings (SSSR count). The maximum atomic E-state index is 11.3. The molecule has 0 aliphatic carbocycles. The normalized spacial score (nSPS) is 19.4. The van der Waals surface area contributed by atoms with Crippen molar-refractivity contribution in [3.8, 4) is 0 Å². The summed E-state index contributed by atoms with van der Waals surface area (Å²) in [4.78, 5) is 39.5. The van der Waals surface area contributed by atoms with Gasteiger partial charge in [0, 0.05) is 74.7 Å². The Morgan fingerprint density at radius 3 is 2.48 bits per heavy atom. The van der Waals surface area contributed by atoms with E-state index in [0.29, 0.717) is 19.5 Å². The molecule has 3 atom stereocenters. The van der Waals surface area contributed by atoms with Crippen LogP contribution in [0.1, 0.15) is 127 Å². The maximum absolute atomic E-state index is 11.3. The van der Waals surface area contributed by atoms with Gasteiger partial charge in [0.1, 0.15) is 6.29 Å². The molecule has 0 N–H and O–H groups in total. The summed E-state index contributed by atoms with van der Waals surface area (Å²) in [6.07, 6.45) is 11.6. The number of aldehydes is 1. The summed E-state index contributed by atoms with van der Waals surface area (Å²) in [5.74, 6) is 0.108.